The van der Waals surface area contributed by atoms with E-state index in [0.717, 1.165) is 6.61 Å². The van der Waals surface area contributed by atoms with Gasteiger partial charge in [-0.05, 0) is 58.3 Å². The van der Waals surface area contributed by atoms with E-state index in [1.54, 1.807) is 0 Å². The number of hydrogen-bond donors (Lipinski definition) is 0. The monoisotopic (exact) mass is 278 g/mol. The van der Waals surface area contributed by atoms with E-state index in [-0.39, 0.29) is 0 Å². The van der Waals surface area contributed by atoms with Crippen molar-refractivity contribution < 1.29 is 8.54 Å². The van der Waals surface area contributed by atoms with Gasteiger partial charge in [-0.1, -0.05) is 6.42 Å². The van der Waals surface area contributed by atoms with Crippen molar-refractivity contribution in [1.29, 1.82) is 0 Å². The van der Waals surface area contributed by atoms with Crippen LogP contribution in [0.15, 0.2) is 0 Å². The molecule has 1 aliphatic rings. The van der Waals surface area contributed by atoms with Crippen molar-refractivity contribution in [1.82, 2.24) is 0 Å². The summed E-state index contributed by atoms with van der Waals surface area (Å²) >= 11 is 0. The summed E-state index contributed by atoms with van der Waals surface area (Å²) in [5.74, 6) is 0. The maximum atomic E-state index is 5.90. The fourth-order valence-electron chi connectivity index (χ4n) is 1.82. The molecule has 1 rings (SSSR count). The van der Waals surface area contributed by atoms with Gasteiger partial charge < -0.3 is 8.54 Å². The third kappa shape index (κ3) is 12.6. The van der Waals surface area contributed by atoms with Crippen LogP contribution < -0.4 is 0 Å². The highest BCUT2D eigenvalue weighted by Crippen LogP contribution is 2.12. The van der Waals surface area contributed by atoms with E-state index in [0.29, 0.717) is 0 Å². The average Bonchev–Trinajstić information content (AvgIpc) is 1.99. The summed E-state index contributed by atoms with van der Waals surface area (Å²) in [4.78, 5) is 0. The first kappa shape index (κ1) is 16.6. The van der Waals surface area contributed by atoms with Crippen molar-refractivity contribution in [2.45, 2.75) is 64.7 Å². The first-order chi connectivity index (χ1) is 7.10. The summed E-state index contributed by atoms with van der Waals surface area (Å²) < 4.78 is 11.3. The lowest BCUT2D eigenvalue weighted by Gasteiger charge is -2.27. The quantitative estimate of drug-likeness (QED) is 0.715. The first-order valence-electron chi connectivity index (χ1n) is 6.42. The summed E-state index contributed by atoms with van der Waals surface area (Å²) in [6.07, 6.45) is 2.73. The van der Waals surface area contributed by atoms with Crippen LogP contribution in [0.4, 0.5) is 0 Å². The molecule has 0 aromatic carbocycles. The van der Waals surface area contributed by atoms with Gasteiger partial charge in [-0.2, -0.15) is 0 Å². The Kier molecular flexibility index (Phi) is 7.36. The molecule has 2 nitrogen and oxygen atoms in total. The van der Waals surface area contributed by atoms with Crippen LogP contribution in [0.5, 0.6) is 0 Å². The Labute approximate surface area is 106 Å². The zero-order chi connectivity index (χ0) is 12.8. The van der Waals surface area contributed by atoms with Crippen LogP contribution in [0.2, 0.25) is 51.9 Å². The number of hydrogen-bond acceptors (Lipinski definition) is 2. The molecule has 0 aliphatic carbocycles. The van der Waals surface area contributed by atoms with Crippen molar-refractivity contribution in [2.75, 3.05) is 6.61 Å². The second-order valence-corrected chi connectivity index (χ2v) is 18.3. The zero-order valence-electron chi connectivity index (χ0n) is 12.2. The average molecular weight is 279 g/mol. The van der Waals surface area contributed by atoms with Gasteiger partial charge in [0.1, 0.15) is 0 Å². The van der Waals surface area contributed by atoms with Gasteiger partial charge in [0.25, 0.3) is 0 Å². The molecule has 1 aliphatic heterocycles. The van der Waals surface area contributed by atoms with Gasteiger partial charge in [-0.3, -0.25) is 0 Å². The molecule has 16 heavy (non-hydrogen) atoms. The molecule has 0 aromatic heterocycles. The zero-order valence-corrected chi connectivity index (χ0v) is 15.4. The number of rotatable bonds is 2. The van der Waals surface area contributed by atoms with E-state index in [9.17, 15) is 0 Å². The summed E-state index contributed by atoms with van der Waals surface area (Å²) in [5.41, 5.74) is 0. The molecule has 0 bridgehead atoms. The summed E-state index contributed by atoms with van der Waals surface area (Å²) in [7, 11) is -3.06. The van der Waals surface area contributed by atoms with Crippen LogP contribution in [-0.2, 0) is 8.54 Å². The largest absolute Gasteiger partial charge is 0.456 e. The third-order valence-electron chi connectivity index (χ3n) is 2.02. The Hall–Kier alpha value is 0.571. The van der Waals surface area contributed by atoms with E-state index < -0.39 is 25.7 Å². The minimum absolute atomic E-state index is 0.595. The van der Waals surface area contributed by atoms with Gasteiger partial charge in [-0.15, -0.1) is 0 Å². The molecule has 1 saturated heterocycles. The molecular weight excluding hydrogens is 248 g/mol. The van der Waals surface area contributed by atoms with E-state index in [2.05, 4.69) is 45.8 Å². The maximum Gasteiger partial charge on any atom is 0.173 e. The van der Waals surface area contributed by atoms with Crippen molar-refractivity contribution in [3.05, 3.63) is 0 Å². The first-order valence-corrected chi connectivity index (χ1v) is 15.7. The van der Waals surface area contributed by atoms with E-state index >= 15 is 0 Å². The van der Waals surface area contributed by atoms with Crippen LogP contribution in [0.25, 0.3) is 0 Å². The molecule has 0 spiro atoms. The molecular formula is C11H30O2Si3. The van der Waals surface area contributed by atoms with E-state index in [4.69, 9.17) is 8.54 Å². The Morgan fingerprint density at radius 3 is 1.56 bits per heavy atom. The Morgan fingerprint density at radius 2 is 1.44 bits per heavy atom. The lowest BCUT2D eigenvalue weighted by atomic mass is 10.4. The lowest BCUT2D eigenvalue weighted by molar-refractivity contribution is 0.291. The minimum Gasteiger partial charge on any atom is -0.456 e. The summed E-state index contributed by atoms with van der Waals surface area (Å²) in [5, 5.41) is 0. The third-order valence-corrected chi connectivity index (χ3v) is 8.94. The van der Waals surface area contributed by atoms with Gasteiger partial charge in [0, 0.05) is 6.61 Å². The highest BCUT2D eigenvalue weighted by molar-refractivity contribution is 6.83. The van der Waals surface area contributed by atoms with Gasteiger partial charge in [0.2, 0.25) is 0 Å². The highest BCUT2D eigenvalue weighted by Gasteiger charge is 2.24. The van der Waals surface area contributed by atoms with E-state index in [1.807, 2.05) is 0 Å². The highest BCUT2D eigenvalue weighted by atomic mass is 28.4. The van der Waals surface area contributed by atoms with Gasteiger partial charge in [0.15, 0.2) is 25.7 Å². The molecule has 0 saturated carbocycles. The van der Waals surface area contributed by atoms with Crippen LogP contribution in [-0.4, -0.2) is 32.3 Å². The maximum absolute atomic E-state index is 5.90. The molecule has 98 valence electrons. The molecule has 0 N–H and O–H groups in total. The molecule has 0 amide bonds. The molecule has 0 aromatic rings. The Morgan fingerprint density at radius 1 is 0.938 bits per heavy atom. The van der Waals surface area contributed by atoms with Gasteiger partial charge in [0.05, 0.1) is 0 Å². The van der Waals surface area contributed by atoms with Gasteiger partial charge in [-0.25, -0.2) is 0 Å². The van der Waals surface area contributed by atoms with Crippen molar-refractivity contribution in [3.63, 3.8) is 0 Å². The molecule has 1 heterocycles. The van der Waals surface area contributed by atoms with Crippen molar-refractivity contribution in [2.24, 2.45) is 0 Å². The second-order valence-electron chi connectivity index (χ2n) is 6.50. The second kappa shape index (κ2) is 7.10. The Bertz CT molecular complexity index is 167. The lowest BCUT2D eigenvalue weighted by Crippen LogP contribution is -2.39. The molecule has 0 radical (unpaired) electrons. The van der Waals surface area contributed by atoms with Crippen LogP contribution in [0.3, 0.4) is 0 Å². The summed E-state index contributed by atoms with van der Waals surface area (Å²) in [6, 6.07) is 1.40. The van der Waals surface area contributed by atoms with Crippen LogP contribution >= 0.6 is 0 Å². The Balaban J connectivity index is 0.000000288. The fourth-order valence-corrected chi connectivity index (χ4v) is 10.8. The smallest absolute Gasteiger partial charge is 0.173 e. The minimum atomic E-state index is -1.23. The molecule has 1 unspecified atom stereocenters. The fraction of sp³-hybridized carbons (Fsp3) is 1.00. The molecule has 1 fully saturated rings. The van der Waals surface area contributed by atoms with Crippen molar-refractivity contribution >= 4 is 25.7 Å². The normalized spacial score (nSPS) is 22.3. The van der Waals surface area contributed by atoms with Crippen LogP contribution in [0.1, 0.15) is 12.8 Å². The van der Waals surface area contributed by atoms with Crippen molar-refractivity contribution in [3.8, 4) is 0 Å². The molecule has 1 atom stereocenters. The predicted molar refractivity (Wildman–Crippen MR) is 80.8 cm³/mol. The molecule has 5 heteroatoms. The summed E-state index contributed by atoms with van der Waals surface area (Å²) in [6.45, 7) is 16.8. The van der Waals surface area contributed by atoms with E-state index in [1.165, 1.54) is 18.9 Å². The predicted octanol–water partition coefficient (Wildman–Crippen LogP) is 3.82. The SMILES string of the molecule is C[SiH]1CCCCO1.C[Si](C)(C)O[Si](C)(C)C. The topological polar surface area (TPSA) is 18.5 Å². The van der Waals surface area contributed by atoms with Gasteiger partial charge >= 0.3 is 0 Å². The standard InChI is InChI=1S/C6H18OSi2.C5H12OSi/c1-8(2,3)7-9(4,5)6;1-7-5-3-2-4-6-7/h1-6H3;7H,2-5H2,1H3. The van der Waals surface area contributed by atoms with Crippen LogP contribution in [0, 0.1) is 0 Å².